The summed E-state index contributed by atoms with van der Waals surface area (Å²) in [5, 5.41) is 5.40. The fourth-order valence-electron chi connectivity index (χ4n) is 4.66. The van der Waals surface area contributed by atoms with Crippen molar-refractivity contribution in [3.63, 3.8) is 0 Å². The van der Waals surface area contributed by atoms with E-state index in [1.54, 1.807) is 29.2 Å². The van der Waals surface area contributed by atoms with Crippen LogP contribution in [0.15, 0.2) is 91.0 Å². The Morgan fingerprint density at radius 3 is 2.14 bits per heavy atom. The van der Waals surface area contributed by atoms with Crippen molar-refractivity contribution in [1.82, 2.24) is 14.7 Å². The van der Waals surface area contributed by atoms with Gasteiger partial charge in [0.2, 0.25) is 0 Å². The fraction of sp³-hybridized carbons (Fsp3) is 0.233. The molecule has 1 amide bonds. The molecule has 1 fully saturated rings. The molecule has 0 radical (unpaired) electrons. The lowest BCUT2D eigenvalue weighted by Gasteiger charge is -2.30. The zero-order valence-electron chi connectivity index (χ0n) is 20.4. The highest BCUT2D eigenvalue weighted by atomic mass is 35.5. The van der Waals surface area contributed by atoms with E-state index >= 15 is 0 Å². The summed E-state index contributed by atoms with van der Waals surface area (Å²) in [5.74, 6) is 0.00478. The molecule has 4 aromatic rings. The van der Waals surface area contributed by atoms with E-state index in [1.807, 2.05) is 65.3 Å². The maximum atomic E-state index is 12.8. The molecule has 2 heterocycles. The lowest BCUT2D eigenvalue weighted by molar-refractivity contribution is 0.0724. The molecule has 1 saturated heterocycles. The molecular weight excluding hydrogens is 486 g/mol. The van der Waals surface area contributed by atoms with E-state index in [0.717, 1.165) is 22.5 Å². The number of carbonyl (C=O) groups excluding carboxylic acids is 2. The number of aromatic nitrogens is 2. The largest absolute Gasteiger partial charge is 0.447 e. The first-order valence-corrected chi connectivity index (χ1v) is 12.9. The van der Waals surface area contributed by atoms with Crippen LogP contribution in [-0.2, 0) is 11.3 Å². The summed E-state index contributed by atoms with van der Waals surface area (Å²) in [7, 11) is 0. The first kappa shape index (κ1) is 24.8. The van der Waals surface area contributed by atoms with Crippen molar-refractivity contribution in [3.8, 4) is 22.5 Å². The van der Waals surface area contributed by atoms with Crippen LogP contribution in [0.25, 0.3) is 22.5 Å². The maximum Gasteiger partial charge on any atom is 0.409 e. The molecular formula is C30H28ClN3O3. The van der Waals surface area contributed by atoms with Gasteiger partial charge in [-0.3, -0.25) is 9.48 Å². The van der Waals surface area contributed by atoms with Crippen LogP contribution in [0.3, 0.4) is 0 Å². The van der Waals surface area contributed by atoms with Crippen LogP contribution in [0.4, 0.5) is 4.79 Å². The zero-order chi connectivity index (χ0) is 25.6. The average Bonchev–Trinajstić information content (AvgIpc) is 3.38. The minimum absolute atomic E-state index is 0.0980. The molecule has 3 aromatic carbocycles. The van der Waals surface area contributed by atoms with E-state index in [0.29, 0.717) is 43.1 Å². The molecule has 188 valence electrons. The van der Waals surface area contributed by atoms with E-state index in [4.69, 9.17) is 21.4 Å². The van der Waals surface area contributed by atoms with E-state index < -0.39 is 0 Å². The monoisotopic (exact) mass is 513 g/mol. The number of piperidine rings is 1. The highest BCUT2D eigenvalue weighted by molar-refractivity contribution is 6.30. The van der Waals surface area contributed by atoms with Crippen LogP contribution in [-0.4, -0.2) is 46.3 Å². The SMILES string of the molecule is O=C(c1ccc(Cl)cc1)C1CCN(C(=O)OCCn2nc(-c3ccccc3)cc2-c2ccccc2)CC1. The number of benzene rings is 3. The minimum Gasteiger partial charge on any atom is -0.447 e. The summed E-state index contributed by atoms with van der Waals surface area (Å²) in [6.45, 7) is 1.64. The highest BCUT2D eigenvalue weighted by Gasteiger charge is 2.28. The molecule has 5 rings (SSSR count). The van der Waals surface area contributed by atoms with E-state index in [9.17, 15) is 9.59 Å². The third-order valence-corrected chi connectivity index (χ3v) is 6.95. The van der Waals surface area contributed by atoms with Crippen LogP contribution < -0.4 is 0 Å². The lowest BCUT2D eigenvalue weighted by atomic mass is 9.89. The van der Waals surface area contributed by atoms with Gasteiger partial charge >= 0.3 is 6.09 Å². The lowest BCUT2D eigenvalue weighted by Crippen LogP contribution is -2.40. The summed E-state index contributed by atoms with van der Waals surface area (Å²) in [4.78, 5) is 27.2. The number of nitrogens with zero attached hydrogens (tertiary/aromatic N) is 3. The summed E-state index contributed by atoms with van der Waals surface area (Å²) in [6, 6.07) is 29.1. The molecule has 7 heteroatoms. The van der Waals surface area contributed by atoms with Crippen molar-refractivity contribution in [2.75, 3.05) is 19.7 Å². The predicted molar refractivity (Wildman–Crippen MR) is 145 cm³/mol. The highest BCUT2D eigenvalue weighted by Crippen LogP contribution is 2.27. The van der Waals surface area contributed by atoms with Gasteiger partial charge < -0.3 is 9.64 Å². The molecule has 0 bridgehead atoms. The Hall–Kier alpha value is -3.90. The molecule has 37 heavy (non-hydrogen) atoms. The number of hydrogen-bond donors (Lipinski definition) is 0. The Morgan fingerprint density at radius 2 is 1.49 bits per heavy atom. The molecule has 0 saturated carbocycles. The van der Waals surface area contributed by atoms with Gasteiger partial charge in [0.15, 0.2) is 5.78 Å². The van der Waals surface area contributed by atoms with Crippen LogP contribution in [0.2, 0.25) is 5.02 Å². The molecule has 1 aliphatic heterocycles. The first-order chi connectivity index (χ1) is 18.1. The number of carbonyl (C=O) groups is 2. The maximum absolute atomic E-state index is 12.8. The van der Waals surface area contributed by atoms with Gasteiger partial charge in [0, 0.05) is 35.2 Å². The van der Waals surface area contributed by atoms with Crippen molar-refractivity contribution in [1.29, 1.82) is 0 Å². The number of hydrogen-bond acceptors (Lipinski definition) is 4. The molecule has 0 N–H and O–H groups in total. The number of Topliss-reactive ketones (excluding diaryl/α,β-unsaturated/α-hetero) is 1. The number of likely N-dealkylation sites (tertiary alicyclic amines) is 1. The van der Waals surface area contributed by atoms with Crippen molar-refractivity contribution >= 4 is 23.5 Å². The van der Waals surface area contributed by atoms with Crippen molar-refractivity contribution in [3.05, 3.63) is 102 Å². The third kappa shape index (κ3) is 5.92. The molecule has 6 nitrogen and oxygen atoms in total. The Labute approximate surface area is 221 Å². The van der Waals surface area contributed by atoms with Crippen LogP contribution in [0.5, 0.6) is 0 Å². The Kier molecular flexibility index (Phi) is 7.66. The second-order valence-corrected chi connectivity index (χ2v) is 9.55. The molecule has 0 atom stereocenters. The molecule has 1 aromatic heterocycles. The zero-order valence-corrected chi connectivity index (χ0v) is 21.2. The summed E-state index contributed by atoms with van der Waals surface area (Å²) in [5.41, 5.74) is 4.59. The fourth-order valence-corrected chi connectivity index (χ4v) is 4.79. The van der Waals surface area contributed by atoms with Crippen molar-refractivity contribution in [2.45, 2.75) is 19.4 Å². The predicted octanol–water partition coefficient (Wildman–Crippen LogP) is 6.60. The second-order valence-electron chi connectivity index (χ2n) is 9.12. The molecule has 0 spiro atoms. The van der Waals surface area contributed by atoms with Crippen molar-refractivity contribution < 1.29 is 14.3 Å². The number of ketones is 1. The standard InChI is InChI=1S/C30H28ClN3O3/c31-26-13-11-24(12-14-26)29(35)25-15-17-33(18-16-25)30(36)37-20-19-34-28(23-9-5-2-6-10-23)21-27(32-34)22-7-3-1-4-8-22/h1-14,21,25H,15-20H2. The second kappa shape index (κ2) is 11.4. The number of halogens is 1. The topological polar surface area (TPSA) is 64.4 Å². The van der Waals surface area contributed by atoms with Crippen LogP contribution in [0, 0.1) is 5.92 Å². The van der Waals surface area contributed by atoms with Gasteiger partial charge in [0.25, 0.3) is 0 Å². The summed E-state index contributed by atoms with van der Waals surface area (Å²) >= 11 is 5.93. The van der Waals surface area contributed by atoms with Gasteiger partial charge in [-0.2, -0.15) is 5.10 Å². The number of ether oxygens (including phenoxy) is 1. The molecule has 1 aliphatic rings. The number of rotatable bonds is 7. The quantitative estimate of drug-likeness (QED) is 0.261. The van der Waals surface area contributed by atoms with Gasteiger partial charge in [-0.15, -0.1) is 0 Å². The Morgan fingerprint density at radius 1 is 0.865 bits per heavy atom. The Balaban J connectivity index is 1.18. The van der Waals surface area contributed by atoms with Gasteiger partial charge in [-0.25, -0.2) is 4.79 Å². The van der Waals surface area contributed by atoms with Gasteiger partial charge in [-0.05, 0) is 48.7 Å². The number of amides is 1. The van der Waals surface area contributed by atoms with Crippen LogP contribution >= 0.6 is 11.6 Å². The molecule has 0 aliphatic carbocycles. The van der Waals surface area contributed by atoms with E-state index in [1.165, 1.54) is 0 Å². The van der Waals surface area contributed by atoms with Crippen molar-refractivity contribution in [2.24, 2.45) is 5.92 Å². The van der Waals surface area contributed by atoms with Gasteiger partial charge in [0.05, 0.1) is 17.9 Å². The summed E-state index contributed by atoms with van der Waals surface area (Å²) < 4.78 is 7.50. The summed E-state index contributed by atoms with van der Waals surface area (Å²) in [6.07, 6.45) is 0.886. The third-order valence-electron chi connectivity index (χ3n) is 6.70. The molecule has 0 unspecified atom stereocenters. The smallest absolute Gasteiger partial charge is 0.409 e. The van der Waals surface area contributed by atoms with Gasteiger partial charge in [0.1, 0.15) is 6.61 Å². The van der Waals surface area contributed by atoms with Gasteiger partial charge in [-0.1, -0.05) is 72.3 Å². The minimum atomic E-state index is -0.353. The normalized spacial score (nSPS) is 13.9. The van der Waals surface area contributed by atoms with E-state index in [-0.39, 0.29) is 24.4 Å². The van der Waals surface area contributed by atoms with E-state index in [2.05, 4.69) is 6.07 Å². The average molecular weight is 514 g/mol. The Bertz CT molecular complexity index is 1350. The first-order valence-electron chi connectivity index (χ1n) is 12.5. The van der Waals surface area contributed by atoms with Crippen LogP contribution in [0.1, 0.15) is 23.2 Å².